The highest BCUT2D eigenvalue weighted by Gasteiger charge is 2.15. The van der Waals surface area contributed by atoms with Crippen molar-refractivity contribution >= 4 is 6.03 Å². The van der Waals surface area contributed by atoms with Crippen LogP contribution in [0.4, 0.5) is 9.18 Å². The minimum atomic E-state index is -0.275. The molecule has 0 aromatic heterocycles. The zero-order valence-corrected chi connectivity index (χ0v) is 14.3. The number of likely N-dealkylation sites (N-methyl/N-ethyl adjacent to an activating group) is 1. The Morgan fingerprint density at radius 2 is 1.83 bits per heavy atom. The number of carbonyl (C=O) groups excluding carboxylic acids is 1. The van der Waals surface area contributed by atoms with Gasteiger partial charge in [-0.1, -0.05) is 42.0 Å². The SMILES string of the molecule is Cc1ccc(CNC(=O)NCC(c2cccc(F)c2)N(C)C)cc1. The van der Waals surface area contributed by atoms with E-state index in [2.05, 4.69) is 10.6 Å². The van der Waals surface area contributed by atoms with Crippen LogP contribution in [0.2, 0.25) is 0 Å². The Bertz CT molecular complexity index is 671. The molecule has 128 valence electrons. The van der Waals surface area contributed by atoms with Crippen molar-refractivity contribution in [1.82, 2.24) is 15.5 Å². The molecule has 2 rings (SSSR count). The standard InChI is InChI=1S/C19H24FN3O/c1-14-7-9-15(10-8-14)12-21-19(24)22-13-18(23(2)3)16-5-4-6-17(20)11-16/h4-11,18H,12-13H2,1-3H3,(H2,21,22,24). The van der Waals surface area contributed by atoms with Gasteiger partial charge >= 0.3 is 6.03 Å². The van der Waals surface area contributed by atoms with E-state index in [0.717, 1.165) is 11.1 Å². The lowest BCUT2D eigenvalue weighted by Crippen LogP contribution is -2.40. The monoisotopic (exact) mass is 329 g/mol. The second-order valence-electron chi connectivity index (χ2n) is 6.08. The average molecular weight is 329 g/mol. The lowest BCUT2D eigenvalue weighted by Gasteiger charge is -2.25. The zero-order valence-electron chi connectivity index (χ0n) is 14.3. The van der Waals surface area contributed by atoms with E-state index >= 15 is 0 Å². The largest absolute Gasteiger partial charge is 0.336 e. The Balaban J connectivity index is 1.87. The molecule has 0 fully saturated rings. The van der Waals surface area contributed by atoms with Crippen LogP contribution in [-0.4, -0.2) is 31.6 Å². The molecule has 1 unspecified atom stereocenters. The van der Waals surface area contributed by atoms with Gasteiger partial charge in [-0.3, -0.25) is 0 Å². The average Bonchev–Trinajstić information content (AvgIpc) is 2.54. The summed E-state index contributed by atoms with van der Waals surface area (Å²) in [4.78, 5) is 13.9. The highest BCUT2D eigenvalue weighted by atomic mass is 19.1. The first-order valence-electron chi connectivity index (χ1n) is 7.95. The van der Waals surface area contributed by atoms with Crippen molar-refractivity contribution in [2.75, 3.05) is 20.6 Å². The van der Waals surface area contributed by atoms with Crippen LogP contribution in [-0.2, 0) is 6.54 Å². The van der Waals surface area contributed by atoms with Gasteiger partial charge in [0.05, 0.1) is 6.04 Å². The number of urea groups is 1. The van der Waals surface area contributed by atoms with Gasteiger partial charge in [0.25, 0.3) is 0 Å². The van der Waals surface area contributed by atoms with Crippen LogP contribution in [0.25, 0.3) is 0 Å². The highest BCUT2D eigenvalue weighted by Crippen LogP contribution is 2.18. The Kier molecular flexibility index (Phi) is 6.32. The zero-order chi connectivity index (χ0) is 17.5. The first-order valence-corrected chi connectivity index (χ1v) is 7.95. The Morgan fingerprint density at radius 1 is 1.12 bits per heavy atom. The van der Waals surface area contributed by atoms with Crippen LogP contribution in [0.15, 0.2) is 48.5 Å². The molecule has 0 saturated carbocycles. The number of rotatable bonds is 6. The number of nitrogens with zero attached hydrogens (tertiary/aromatic N) is 1. The summed E-state index contributed by atoms with van der Waals surface area (Å²) >= 11 is 0. The molecule has 2 aromatic carbocycles. The number of halogens is 1. The second kappa shape index (κ2) is 8.45. The fourth-order valence-corrected chi connectivity index (χ4v) is 2.45. The molecule has 4 nitrogen and oxygen atoms in total. The van der Waals surface area contributed by atoms with Gasteiger partial charge in [0.1, 0.15) is 5.82 Å². The summed E-state index contributed by atoms with van der Waals surface area (Å²) in [5.41, 5.74) is 3.07. The third-order valence-corrected chi connectivity index (χ3v) is 3.89. The molecule has 0 bridgehead atoms. The van der Waals surface area contributed by atoms with Crippen LogP contribution >= 0.6 is 0 Å². The molecule has 24 heavy (non-hydrogen) atoms. The maximum absolute atomic E-state index is 13.4. The second-order valence-corrected chi connectivity index (χ2v) is 6.08. The summed E-state index contributed by atoms with van der Waals surface area (Å²) < 4.78 is 13.4. The van der Waals surface area contributed by atoms with E-state index < -0.39 is 0 Å². The van der Waals surface area contributed by atoms with Crippen LogP contribution in [0, 0.1) is 12.7 Å². The molecule has 2 amide bonds. The van der Waals surface area contributed by atoms with Crippen molar-refractivity contribution < 1.29 is 9.18 Å². The van der Waals surface area contributed by atoms with Crippen molar-refractivity contribution in [2.24, 2.45) is 0 Å². The van der Waals surface area contributed by atoms with Crippen molar-refractivity contribution in [2.45, 2.75) is 19.5 Å². The topological polar surface area (TPSA) is 44.4 Å². The molecule has 0 aliphatic rings. The first-order chi connectivity index (χ1) is 11.5. The smallest absolute Gasteiger partial charge is 0.315 e. The maximum atomic E-state index is 13.4. The summed E-state index contributed by atoms with van der Waals surface area (Å²) in [6.07, 6.45) is 0. The third-order valence-electron chi connectivity index (χ3n) is 3.89. The minimum absolute atomic E-state index is 0.0918. The van der Waals surface area contributed by atoms with Crippen molar-refractivity contribution in [1.29, 1.82) is 0 Å². The van der Waals surface area contributed by atoms with Crippen molar-refractivity contribution in [3.05, 3.63) is 71.0 Å². The molecule has 2 aromatic rings. The number of amides is 2. The number of aryl methyl sites for hydroxylation is 1. The van der Waals surface area contributed by atoms with Crippen LogP contribution in [0.1, 0.15) is 22.7 Å². The highest BCUT2D eigenvalue weighted by molar-refractivity contribution is 5.73. The summed E-state index contributed by atoms with van der Waals surface area (Å²) in [7, 11) is 3.81. The first kappa shape index (κ1) is 17.9. The van der Waals surface area contributed by atoms with E-state index in [-0.39, 0.29) is 17.9 Å². The van der Waals surface area contributed by atoms with Gasteiger partial charge in [0, 0.05) is 13.1 Å². The molecule has 1 atom stereocenters. The molecule has 0 spiro atoms. The van der Waals surface area contributed by atoms with E-state index in [1.165, 1.54) is 17.7 Å². The van der Waals surface area contributed by atoms with Gasteiger partial charge in [0.15, 0.2) is 0 Å². The predicted molar refractivity (Wildman–Crippen MR) is 94.2 cm³/mol. The summed E-state index contributed by atoms with van der Waals surface area (Å²) in [5.74, 6) is -0.275. The van der Waals surface area contributed by atoms with Gasteiger partial charge in [0.2, 0.25) is 0 Å². The lowest BCUT2D eigenvalue weighted by atomic mass is 10.1. The van der Waals surface area contributed by atoms with Crippen molar-refractivity contribution in [3.8, 4) is 0 Å². The number of carbonyl (C=O) groups is 1. The van der Waals surface area contributed by atoms with E-state index in [0.29, 0.717) is 13.1 Å². The Morgan fingerprint density at radius 3 is 2.46 bits per heavy atom. The number of nitrogens with one attached hydrogen (secondary N) is 2. The van der Waals surface area contributed by atoms with E-state index in [1.54, 1.807) is 6.07 Å². The fraction of sp³-hybridized carbons (Fsp3) is 0.316. The molecule has 0 radical (unpaired) electrons. The molecular formula is C19H24FN3O. The van der Waals surface area contributed by atoms with Crippen LogP contribution in [0.5, 0.6) is 0 Å². The fourth-order valence-electron chi connectivity index (χ4n) is 2.45. The molecule has 0 aliphatic carbocycles. The summed E-state index contributed by atoms with van der Waals surface area (Å²) in [5, 5.41) is 5.68. The van der Waals surface area contributed by atoms with Gasteiger partial charge < -0.3 is 15.5 Å². The van der Waals surface area contributed by atoms with E-state index in [4.69, 9.17) is 0 Å². The summed E-state index contributed by atoms with van der Waals surface area (Å²) in [6.45, 7) is 2.90. The summed E-state index contributed by atoms with van der Waals surface area (Å²) in [6, 6.07) is 14.1. The minimum Gasteiger partial charge on any atom is -0.336 e. The van der Waals surface area contributed by atoms with E-state index in [9.17, 15) is 9.18 Å². The number of benzene rings is 2. The lowest BCUT2D eigenvalue weighted by molar-refractivity contribution is 0.232. The number of hydrogen-bond donors (Lipinski definition) is 2. The molecule has 0 saturated heterocycles. The Labute approximate surface area is 142 Å². The molecule has 0 heterocycles. The molecule has 2 N–H and O–H groups in total. The third kappa shape index (κ3) is 5.35. The predicted octanol–water partition coefficient (Wildman–Crippen LogP) is 3.24. The quantitative estimate of drug-likeness (QED) is 0.854. The molecule has 0 aliphatic heterocycles. The van der Waals surface area contributed by atoms with Crippen LogP contribution in [0.3, 0.4) is 0 Å². The molecular weight excluding hydrogens is 305 g/mol. The Hall–Kier alpha value is -2.40. The van der Waals surface area contributed by atoms with Gasteiger partial charge in [-0.25, -0.2) is 9.18 Å². The normalized spacial score (nSPS) is 12.0. The van der Waals surface area contributed by atoms with Gasteiger partial charge in [-0.2, -0.15) is 0 Å². The van der Waals surface area contributed by atoms with Gasteiger partial charge in [-0.15, -0.1) is 0 Å². The maximum Gasteiger partial charge on any atom is 0.315 e. The molecule has 5 heteroatoms. The van der Waals surface area contributed by atoms with Crippen molar-refractivity contribution in [3.63, 3.8) is 0 Å². The number of hydrogen-bond acceptors (Lipinski definition) is 2. The van der Waals surface area contributed by atoms with Gasteiger partial charge in [-0.05, 0) is 44.3 Å². The van der Waals surface area contributed by atoms with E-state index in [1.807, 2.05) is 56.3 Å². The van der Waals surface area contributed by atoms with Crippen LogP contribution < -0.4 is 10.6 Å².